The average Bonchev–Trinajstić information content (AvgIpc) is 3.90. The molecule has 4 aromatic heterocycles. The lowest BCUT2D eigenvalue weighted by molar-refractivity contribution is 0.671. The average molecular weight is 655 g/mol. The minimum Gasteiger partial charge on any atom is -0.467 e. The van der Waals surface area contributed by atoms with Gasteiger partial charge < -0.3 is 13.6 Å². The largest absolute Gasteiger partial charge is 0.467 e. The summed E-state index contributed by atoms with van der Waals surface area (Å²) < 4.78 is 13.4. The van der Waals surface area contributed by atoms with Gasteiger partial charge in [0.05, 0.1) is 40.3 Å². The first kappa shape index (κ1) is 27.1. The van der Waals surface area contributed by atoms with Crippen LogP contribution in [0.4, 0.5) is 5.69 Å². The van der Waals surface area contributed by atoms with E-state index in [2.05, 4.69) is 123 Å². The first-order valence-electron chi connectivity index (χ1n) is 16.3. The van der Waals surface area contributed by atoms with E-state index in [1.54, 1.807) is 0 Å². The highest BCUT2D eigenvalue weighted by molar-refractivity contribution is 7.25. The molecule has 0 unspecified atom stereocenters. The van der Waals surface area contributed by atoms with Gasteiger partial charge >= 0.3 is 0 Å². The Hall–Kier alpha value is -6.86. The van der Waals surface area contributed by atoms with Gasteiger partial charge in [-0.1, -0.05) is 54.6 Å². The molecule has 0 N–H and O–H groups in total. The smallest absolute Gasteiger partial charge is 0.229 e. The summed E-state index contributed by atoms with van der Waals surface area (Å²) in [5.41, 5.74) is 9.20. The van der Waals surface area contributed by atoms with Gasteiger partial charge in [0.2, 0.25) is 5.69 Å². The van der Waals surface area contributed by atoms with Crippen molar-refractivity contribution >= 4 is 103 Å². The summed E-state index contributed by atoms with van der Waals surface area (Å²) in [6, 6.07) is 48.9. The summed E-state index contributed by atoms with van der Waals surface area (Å²) >= 11 is 1.81. The van der Waals surface area contributed by atoms with Gasteiger partial charge in [-0.15, -0.1) is 11.3 Å². The molecule has 0 atom stereocenters. The highest BCUT2D eigenvalue weighted by Gasteiger charge is 2.19. The number of para-hydroxylation sites is 3. The topological polar surface area (TPSA) is 51.1 Å². The van der Waals surface area contributed by atoms with Gasteiger partial charge in [0, 0.05) is 63.9 Å². The maximum atomic E-state index is 9.62. The zero-order chi connectivity index (χ0) is 33.1. The summed E-state index contributed by atoms with van der Waals surface area (Å²) in [5.74, 6) is 0. The minimum atomic E-state index is 0.526. The highest BCUT2D eigenvalue weighted by atomic mass is 32.1. The molecule has 0 spiro atoms. The van der Waals surface area contributed by atoms with Crippen molar-refractivity contribution < 1.29 is 4.42 Å². The van der Waals surface area contributed by atoms with Crippen molar-refractivity contribution in [3.8, 4) is 17.4 Å². The SMILES string of the molecule is [C-]#[N+]c1cccc2c1oc1cc3c4ccccc4n(-c4ccc5sc6ccc(-n7c8ccccc8c8cc(C#N)ccc87)cc6c5c4)c3cc12. The Morgan fingerprint density at radius 2 is 1.16 bits per heavy atom. The van der Waals surface area contributed by atoms with E-state index in [1.165, 1.54) is 20.2 Å². The van der Waals surface area contributed by atoms with Crippen LogP contribution in [-0.2, 0) is 0 Å². The molecule has 0 bridgehead atoms. The Labute approximate surface area is 288 Å². The maximum Gasteiger partial charge on any atom is 0.229 e. The zero-order valence-corrected chi connectivity index (χ0v) is 27.1. The fourth-order valence-electron chi connectivity index (χ4n) is 7.96. The van der Waals surface area contributed by atoms with E-state index in [9.17, 15) is 5.26 Å². The van der Waals surface area contributed by atoms with Crippen LogP contribution in [0, 0.1) is 17.9 Å². The highest BCUT2D eigenvalue weighted by Crippen LogP contribution is 2.43. The van der Waals surface area contributed by atoms with Gasteiger partial charge in [-0.25, -0.2) is 4.85 Å². The second-order valence-corrected chi connectivity index (χ2v) is 13.8. The molecule has 50 heavy (non-hydrogen) atoms. The molecular formula is C44H22N4OS. The third-order valence-corrected chi connectivity index (χ3v) is 11.3. The fraction of sp³-hybridized carbons (Fsp3) is 0. The van der Waals surface area contributed by atoms with Crippen LogP contribution in [-0.4, -0.2) is 9.13 Å². The molecule has 11 aromatic rings. The van der Waals surface area contributed by atoms with E-state index < -0.39 is 0 Å². The molecule has 0 saturated carbocycles. The molecule has 5 nitrogen and oxygen atoms in total. The number of nitriles is 1. The summed E-state index contributed by atoms with van der Waals surface area (Å²) in [4.78, 5) is 3.71. The number of thiophene rings is 1. The van der Waals surface area contributed by atoms with Crippen molar-refractivity contribution in [2.24, 2.45) is 0 Å². The summed E-state index contributed by atoms with van der Waals surface area (Å²) in [5, 5.41) is 18.5. The normalized spacial score (nSPS) is 12.0. The Kier molecular flexibility index (Phi) is 5.34. The number of fused-ring (bicyclic) bond motifs is 12. The molecule has 0 radical (unpaired) electrons. The lowest BCUT2D eigenvalue weighted by Crippen LogP contribution is -1.94. The number of hydrogen-bond acceptors (Lipinski definition) is 3. The Morgan fingerprint density at radius 3 is 1.84 bits per heavy atom. The van der Waals surface area contributed by atoms with Crippen molar-refractivity contribution in [1.29, 1.82) is 5.26 Å². The van der Waals surface area contributed by atoms with E-state index in [-0.39, 0.29) is 0 Å². The summed E-state index contributed by atoms with van der Waals surface area (Å²) in [7, 11) is 0. The quantitative estimate of drug-likeness (QED) is 0.174. The molecule has 11 rings (SSSR count). The van der Waals surface area contributed by atoms with Crippen molar-refractivity contribution in [3.63, 3.8) is 0 Å². The molecule has 6 heteroatoms. The zero-order valence-electron chi connectivity index (χ0n) is 26.3. The molecule has 0 aliphatic heterocycles. The Balaban J connectivity index is 1.17. The van der Waals surface area contributed by atoms with Crippen LogP contribution in [0.1, 0.15) is 5.56 Å². The van der Waals surface area contributed by atoms with Gasteiger partial charge in [0.15, 0.2) is 0 Å². The van der Waals surface area contributed by atoms with Crippen LogP contribution in [0.25, 0.3) is 102 Å². The number of nitrogens with zero attached hydrogens (tertiary/aromatic N) is 4. The van der Waals surface area contributed by atoms with Gasteiger partial charge in [-0.05, 0) is 78.9 Å². The van der Waals surface area contributed by atoms with Crippen LogP contribution < -0.4 is 0 Å². The first-order valence-corrected chi connectivity index (χ1v) is 17.2. The van der Waals surface area contributed by atoms with Gasteiger partial charge in [-0.3, -0.25) is 0 Å². The molecular weight excluding hydrogens is 633 g/mol. The summed E-state index contributed by atoms with van der Waals surface area (Å²) in [6.07, 6.45) is 0. The van der Waals surface area contributed by atoms with E-state index in [1.807, 2.05) is 41.7 Å². The molecule has 230 valence electrons. The van der Waals surface area contributed by atoms with E-state index in [0.717, 1.165) is 71.3 Å². The van der Waals surface area contributed by atoms with Crippen LogP contribution in [0.2, 0.25) is 0 Å². The van der Waals surface area contributed by atoms with Crippen molar-refractivity contribution in [2.45, 2.75) is 0 Å². The van der Waals surface area contributed by atoms with Gasteiger partial charge in [0.25, 0.3) is 0 Å². The summed E-state index contributed by atoms with van der Waals surface area (Å²) in [6.45, 7) is 7.67. The number of furan rings is 1. The van der Waals surface area contributed by atoms with Crippen molar-refractivity contribution in [2.75, 3.05) is 0 Å². The lowest BCUT2D eigenvalue weighted by atomic mass is 10.1. The van der Waals surface area contributed by atoms with Crippen LogP contribution >= 0.6 is 11.3 Å². The fourth-order valence-corrected chi connectivity index (χ4v) is 9.03. The predicted molar refractivity (Wildman–Crippen MR) is 206 cm³/mol. The van der Waals surface area contributed by atoms with E-state index in [0.29, 0.717) is 16.8 Å². The third-order valence-electron chi connectivity index (χ3n) is 10.1. The van der Waals surface area contributed by atoms with E-state index >= 15 is 0 Å². The second kappa shape index (κ2) is 9.84. The number of hydrogen-bond donors (Lipinski definition) is 0. The Morgan fingerprint density at radius 1 is 0.540 bits per heavy atom. The molecule has 0 fully saturated rings. The maximum absolute atomic E-state index is 9.62. The second-order valence-electron chi connectivity index (χ2n) is 12.7. The molecule has 0 aliphatic carbocycles. The minimum absolute atomic E-state index is 0.526. The van der Waals surface area contributed by atoms with E-state index in [4.69, 9.17) is 11.0 Å². The van der Waals surface area contributed by atoms with Crippen LogP contribution in [0.5, 0.6) is 0 Å². The monoisotopic (exact) mass is 654 g/mol. The number of benzene rings is 7. The van der Waals surface area contributed by atoms with Crippen LogP contribution in [0.15, 0.2) is 138 Å². The van der Waals surface area contributed by atoms with Gasteiger partial charge in [0.1, 0.15) is 11.2 Å². The Bertz CT molecular complexity index is 3360. The van der Waals surface area contributed by atoms with Crippen molar-refractivity contribution in [3.05, 3.63) is 150 Å². The molecule has 0 amide bonds. The standard InChI is InChI=1S/C44H22N4OS/c1-46-36-10-6-9-30-33-22-40-32(23-41(33)49-44(30)36)29-8-3-5-12-38(29)48(40)27-15-18-43-35(21-27)34-20-26(14-17-42(34)50-43)47-37-11-4-2-7-28(37)31-19-25(24-45)13-16-39(31)47/h2-23H. The first-order chi connectivity index (χ1) is 24.7. The molecule has 7 aromatic carbocycles. The molecule has 4 heterocycles. The number of aromatic nitrogens is 2. The number of rotatable bonds is 2. The lowest BCUT2D eigenvalue weighted by Gasteiger charge is -2.10. The molecule has 0 saturated heterocycles. The third kappa shape index (κ3) is 3.58. The van der Waals surface area contributed by atoms with Crippen molar-refractivity contribution in [1.82, 2.24) is 9.13 Å². The molecule has 0 aliphatic rings. The van der Waals surface area contributed by atoms with Crippen LogP contribution in [0.3, 0.4) is 0 Å². The predicted octanol–water partition coefficient (Wildman–Crippen LogP) is 12.6. The van der Waals surface area contributed by atoms with Gasteiger partial charge in [-0.2, -0.15) is 5.26 Å².